The van der Waals surface area contributed by atoms with Crippen LogP contribution < -0.4 is 0 Å². The van der Waals surface area contributed by atoms with E-state index in [1.165, 1.54) is 12.1 Å². The zero-order valence-electron chi connectivity index (χ0n) is 11.3. The number of hydrogen-bond acceptors (Lipinski definition) is 5. The van der Waals surface area contributed by atoms with Crippen molar-refractivity contribution in [3.63, 3.8) is 0 Å². The van der Waals surface area contributed by atoms with Crippen LogP contribution in [0.5, 0.6) is 0 Å². The van der Waals surface area contributed by atoms with E-state index < -0.39 is 4.92 Å². The van der Waals surface area contributed by atoms with Gasteiger partial charge in [0, 0.05) is 31.1 Å². The Bertz CT molecular complexity index is 688. The highest BCUT2D eigenvalue weighted by Crippen LogP contribution is 2.20. The molecule has 2 aromatic rings. The molecule has 21 heavy (non-hydrogen) atoms. The normalized spacial score (nSPS) is 10.3. The van der Waals surface area contributed by atoms with Crippen molar-refractivity contribution in [1.82, 2.24) is 9.55 Å². The fourth-order valence-corrected chi connectivity index (χ4v) is 2.08. The molecule has 1 aromatic carbocycles. The van der Waals surface area contributed by atoms with Gasteiger partial charge in [0.05, 0.1) is 11.3 Å². The van der Waals surface area contributed by atoms with Crippen LogP contribution in [0.4, 0.5) is 5.69 Å². The molecule has 0 unspecified atom stereocenters. The summed E-state index contributed by atoms with van der Waals surface area (Å²) in [4.78, 5) is 14.5. The van der Waals surface area contributed by atoms with Gasteiger partial charge in [-0.15, -0.1) is 0 Å². The summed E-state index contributed by atoms with van der Waals surface area (Å²) in [6, 6.07) is 6.38. The number of nitriles is 1. The van der Waals surface area contributed by atoms with Crippen molar-refractivity contribution in [3.05, 3.63) is 57.7 Å². The van der Waals surface area contributed by atoms with E-state index in [1.807, 2.05) is 10.6 Å². The Morgan fingerprint density at radius 3 is 2.95 bits per heavy atom. The quantitative estimate of drug-likeness (QED) is 0.642. The summed E-state index contributed by atoms with van der Waals surface area (Å²) < 4.78 is 1.88. The molecule has 0 bridgehead atoms. The Labute approximate surface area is 121 Å². The first-order valence-electron chi connectivity index (χ1n) is 6.43. The zero-order chi connectivity index (χ0) is 15.2. The Morgan fingerprint density at radius 1 is 1.48 bits per heavy atom. The number of nitrogens with zero attached hydrogens (tertiary/aromatic N) is 4. The molecule has 0 radical (unpaired) electrons. The molecule has 0 saturated heterocycles. The van der Waals surface area contributed by atoms with Crippen LogP contribution in [-0.4, -0.2) is 26.2 Å². The lowest BCUT2D eigenvalue weighted by Gasteiger charge is -2.08. The number of aromatic nitrogens is 2. The summed E-state index contributed by atoms with van der Waals surface area (Å²) in [5, 5.41) is 28.7. The average Bonchev–Trinajstić information content (AvgIpc) is 2.92. The van der Waals surface area contributed by atoms with Crippen LogP contribution in [-0.2, 0) is 13.0 Å². The Hall–Kier alpha value is -2.72. The average molecular weight is 286 g/mol. The van der Waals surface area contributed by atoms with E-state index >= 15 is 0 Å². The van der Waals surface area contributed by atoms with Gasteiger partial charge in [0.1, 0.15) is 11.6 Å². The summed E-state index contributed by atoms with van der Waals surface area (Å²) in [5.41, 5.74) is 1.54. The van der Waals surface area contributed by atoms with Crippen molar-refractivity contribution in [3.8, 4) is 6.07 Å². The fraction of sp³-hybridized carbons (Fsp3) is 0.286. The number of nitro groups is 1. The Morgan fingerprint density at radius 2 is 2.29 bits per heavy atom. The van der Waals surface area contributed by atoms with Crippen molar-refractivity contribution in [2.45, 2.75) is 19.4 Å². The molecule has 0 aliphatic rings. The van der Waals surface area contributed by atoms with Crippen molar-refractivity contribution < 1.29 is 10.0 Å². The number of imidazole rings is 1. The third kappa shape index (κ3) is 3.43. The van der Waals surface area contributed by atoms with Gasteiger partial charge in [-0.05, 0) is 24.5 Å². The summed E-state index contributed by atoms with van der Waals surface area (Å²) in [5.74, 6) is 0. The second-order valence-electron chi connectivity index (χ2n) is 4.56. The molecule has 0 fully saturated rings. The Balaban J connectivity index is 2.24. The topological polar surface area (TPSA) is 105 Å². The third-order valence-corrected chi connectivity index (χ3v) is 3.12. The number of rotatable bonds is 6. The van der Waals surface area contributed by atoms with Crippen molar-refractivity contribution in [1.29, 1.82) is 5.26 Å². The number of aryl methyl sites for hydroxylation is 1. The van der Waals surface area contributed by atoms with E-state index in [0.29, 0.717) is 19.4 Å². The Kier molecular flexibility index (Phi) is 4.64. The summed E-state index contributed by atoms with van der Waals surface area (Å²) in [6.45, 7) is 0.542. The summed E-state index contributed by atoms with van der Waals surface area (Å²) in [6.07, 6.45) is 4.69. The first kappa shape index (κ1) is 14.7. The minimum absolute atomic E-state index is 0.0508. The molecule has 0 spiro atoms. The largest absolute Gasteiger partial charge is 0.396 e. The van der Waals surface area contributed by atoms with Gasteiger partial charge in [-0.1, -0.05) is 6.07 Å². The van der Waals surface area contributed by atoms with Crippen LogP contribution in [0, 0.1) is 21.4 Å². The summed E-state index contributed by atoms with van der Waals surface area (Å²) >= 11 is 0. The smallest absolute Gasteiger partial charge is 0.287 e. The molecular formula is C14H14N4O3. The van der Waals surface area contributed by atoms with Crippen LogP contribution in [0.1, 0.15) is 23.2 Å². The highest BCUT2D eigenvalue weighted by Gasteiger charge is 2.14. The van der Waals surface area contributed by atoms with Gasteiger partial charge >= 0.3 is 0 Å². The van der Waals surface area contributed by atoms with Gasteiger partial charge in [0.15, 0.2) is 0 Å². The zero-order valence-corrected chi connectivity index (χ0v) is 11.3. The van der Waals surface area contributed by atoms with E-state index in [2.05, 4.69) is 4.98 Å². The third-order valence-electron chi connectivity index (χ3n) is 3.12. The maximum Gasteiger partial charge on any atom is 0.287 e. The SMILES string of the molecule is N#Cc1ccc(Cn2cncc2CCCO)cc1[N+](=O)[O-]. The molecule has 108 valence electrons. The molecular weight excluding hydrogens is 272 g/mol. The number of benzene rings is 1. The van der Waals surface area contributed by atoms with Gasteiger partial charge in [-0.2, -0.15) is 5.26 Å². The second kappa shape index (κ2) is 6.63. The van der Waals surface area contributed by atoms with E-state index in [0.717, 1.165) is 11.3 Å². The molecule has 1 aromatic heterocycles. The molecule has 0 aliphatic heterocycles. The van der Waals surface area contributed by atoms with Crippen molar-refractivity contribution >= 4 is 5.69 Å². The highest BCUT2D eigenvalue weighted by atomic mass is 16.6. The number of nitro benzene ring substituents is 1. The maximum atomic E-state index is 11.0. The van der Waals surface area contributed by atoms with E-state index in [-0.39, 0.29) is 17.9 Å². The number of aliphatic hydroxyl groups is 1. The molecule has 0 aliphatic carbocycles. The number of aliphatic hydroxyl groups excluding tert-OH is 1. The van der Waals surface area contributed by atoms with Crippen molar-refractivity contribution in [2.24, 2.45) is 0 Å². The van der Waals surface area contributed by atoms with Crippen LogP contribution >= 0.6 is 0 Å². The van der Waals surface area contributed by atoms with E-state index in [4.69, 9.17) is 10.4 Å². The molecule has 0 saturated carbocycles. The lowest BCUT2D eigenvalue weighted by Crippen LogP contribution is -2.05. The van der Waals surface area contributed by atoms with Gasteiger partial charge in [-0.25, -0.2) is 4.98 Å². The molecule has 1 N–H and O–H groups in total. The standard InChI is InChI=1S/C14H14N4O3/c15-7-12-4-3-11(6-14(12)18(20)21)9-17-10-16-8-13(17)2-1-5-19/h3-4,6,8,10,19H,1-2,5,9H2. The van der Waals surface area contributed by atoms with Crippen LogP contribution in [0.25, 0.3) is 0 Å². The van der Waals surface area contributed by atoms with Crippen molar-refractivity contribution in [2.75, 3.05) is 6.61 Å². The minimum Gasteiger partial charge on any atom is -0.396 e. The first-order chi connectivity index (χ1) is 10.2. The predicted molar refractivity (Wildman–Crippen MR) is 74.5 cm³/mol. The summed E-state index contributed by atoms with van der Waals surface area (Å²) in [7, 11) is 0. The van der Waals surface area contributed by atoms with Crippen LogP contribution in [0.2, 0.25) is 0 Å². The van der Waals surface area contributed by atoms with E-state index in [1.54, 1.807) is 18.6 Å². The lowest BCUT2D eigenvalue weighted by atomic mass is 10.1. The second-order valence-corrected chi connectivity index (χ2v) is 4.56. The molecule has 7 nitrogen and oxygen atoms in total. The lowest BCUT2D eigenvalue weighted by molar-refractivity contribution is -0.385. The van der Waals surface area contributed by atoms with Gasteiger partial charge in [-0.3, -0.25) is 10.1 Å². The number of hydrogen-bond donors (Lipinski definition) is 1. The monoisotopic (exact) mass is 286 g/mol. The maximum absolute atomic E-state index is 11.0. The van der Waals surface area contributed by atoms with Gasteiger partial charge in [0.25, 0.3) is 5.69 Å². The predicted octanol–water partition coefficient (Wildman–Crippen LogP) is 1.64. The van der Waals surface area contributed by atoms with E-state index in [9.17, 15) is 10.1 Å². The van der Waals surface area contributed by atoms with Gasteiger partial charge < -0.3 is 9.67 Å². The molecule has 0 amide bonds. The first-order valence-corrected chi connectivity index (χ1v) is 6.43. The molecule has 1 heterocycles. The van der Waals surface area contributed by atoms with Crippen LogP contribution in [0.15, 0.2) is 30.7 Å². The molecule has 7 heteroatoms. The minimum atomic E-state index is -0.553. The molecule has 0 atom stereocenters. The highest BCUT2D eigenvalue weighted by molar-refractivity contribution is 5.50. The fourth-order valence-electron chi connectivity index (χ4n) is 2.08. The van der Waals surface area contributed by atoms with Crippen LogP contribution in [0.3, 0.4) is 0 Å². The van der Waals surface area contributed by atoms with Gasteiger partial charge in [0.2, 0.25) is 0 Å². The molecule has 2 rings (SSSR count).